The quantitative estimate of drug-likeness (QED) is 0.849. The zero-order valence-electron chi connectivity index (χ0n) is 13.1. The van der Waals surface area contributed by atoms with Gasteiger partial charge in [0.05, 0.1) is 13.2 Å². The topological polar surface area (TPSA) is 41.6 Å². The highest BCUT2D eigenvalue weighted by Gasteiger charge is 2.17. The Morgan fingerprint density at radius 2 is 2.17 bits per heavy atom. The first-order valence-electron chi connectivity index (χ1n) is 7.97. The maximum absolute atomic E-state index is 12.3. The lowest BCUT2D eigenvalue weighted by Gasteiger charge is -2.24. The van der Waals surface area contributed by atoms with Crippen LogP contribution in [0.5, 0.6) is 0 Å². The van der Waals surface area contributed by atoms with Gasteiger partial charge in [0.25, 0.3) is 0 Å². The van der Waals surface area contributed by atoms with Crippen LogP contribution in [0, 0.1) is 5.92 Å². The summed E-state index contributed by atoms with van der Waals surface area (Å²) < 4.78 is 5.35. The SMILES string of the molecule is O=C(CN(Cc1ccsc1)c1ccccc1)NCC1CCOC1. The molecule has 122 valence electrons. The van der Waals surface area contributed by atoms with Crippen LogP contribution in [0.15, 0.2) is 47.2 Å². The van der Waals surface area contributed by atoms with Crippen LogP contribution in [0.4, 0.5) is 5.69 Å². The van der Waals surface area contributed by atoms with E-state index in [0.717, 1.165) is 31.9 Å². The van der Waals surface area contributed by atoms with Gasteiger partial charge in [-0.3, -0.25) is 4.79 Å². The second kappa shape index (κ2) is 8.13. The number of nitrogens with zero attached hydrogens (tertiary/aromatic N) is 1. The van der Waals surface area contributed by atoms with Gasteiger partial charge in [-0.25, -0.2) is 0 Å². The number of amides is 1. The molecule has 3 rings (SSSR count). The Morgan fingerprint density at radius 1 is 1.30 bits per heavy atom. The van der Waals surface area contributed by atoms with Crippen molar-refractivity contribution < 1.29 is 9.53 Å². The van der Waals surface area contributed by atoms with E-state index >= 15 is 0 Å². The van der Waals surface area contributed by atoms with Gasteiger partial charge in [-0.2, -0.15) is 11.3 Å². The molecule has 0 aliphatic carbocycles. The fourth-order valence-corrected chi connectivity index (χ4v) is 3.37. The third-order valence-corrected chi connectivity index (χ3v) is 4.75. The van der Waals surface area contributed by atoms with E-state index in [1.165, 1.54) is 5.56 Å². The second-order valence-electron chi connectivity index (χ2n) is 5.86. The zero-order chi connectivity index (χ0) is 15.9. The number of anilines is 1. The van der Waals surface area contributed by atoms with Crippen molar-refractivity contribution in [2.45, 2.75) is 13.0 Å². The number of para-hydroxylation sites is 1. The number of rotatable bonds is 7. The fourth-order valence-electron chi connectivity index (χ4n) is 2.71. The summed E-state index contributed by atoms with van der Waals surface area (Å²) in [5.74, 6) is 0.525. The van der Waals surface area contributed by atoms with Crippen LogP contribution in [0.1, 0.15) is 12.0 Å². The number of thiophene rings is 1. The van der Waals surface area contributed by atoms with Crippen molar-refractivity contribution in [3.05, 3.63) is 52.7 Å². The minimum atomic E-state index is 0.0657. The molecule has 1 fully saturated rings. The van der Waals surface area contributed by atoms with E-state index in [2.05, 4.69) is 27.0 Å². The van der Waals surface area contributed by atoms with E-state index in [0.29, 0.717) is 19.0 Å². The van der Waals surface area contributed by atoms with Gasteiger partial charge < -0.3 is 15.0 Å². The molecule has 0 saturated carbocycles. The Morgan fingerprint density at radius 3 is 2.87 bits per heavy atom. The molecule has 1 aliphatic rings. The van der Waals surface area contributed by atoms with Crippen molar-refractivity contribution in [2.75, 3.05) is 31.2 Å². The molecule has 0 spiro atoms. The van der Waals surface area contributed by atoms with Gasteiger partial charge in [-0.15, -0.1) is 0 Å². The number of nitrogens with one attached hydrogen (secondary N) is 1. The fraction of sp³-hybridized carbons (Fsp3) is 0.389. The summed E-state index contributed by atoms with van der Waals surface area (Å²) >= 11 is 1.68. The maximum atomic E-state index is 12.3. The predicted molar refractivity (Wildman–Crippen MR) is 93.7 cm³/mol. The van der Waals surface area contributed by atoms with Crippen LogP contribution >= 0.6 is 11.3 Å². The molecule has 1 aromatic heterocycles. The van der Waals surface area contributed by atoms with E-state index in [1.54, 1.807) is 11.3 Å². The Hall–Kier alpha value is -1.85. The minimum absolute atomic E-state index is 0.0657. The molecule has 0 radical (unpaired) electrons. The summed E-state index contributed by atoms with van der Waals surface area (Å²) in [6, 6.07) is 12.2. The standard InChI is InChI=1S/C18H22N2O2S/c21-18(19-10-15-6-8-22-13-15)12-20(11-16-7-9-23-14-16)17-4-2-1-3-5-17/h1-5,7,9,14-15H,6,8,10-13H2,(H,19,21). The van der Waals surface area contributed by atoms with Gasteiger partial charge in [0.2, 0.25) is 5.91 Å². The molecule has 1 aliphatic heterocycles. The predicted octanol–water partition coefficient (Wildman–Crippen LogP) is 2.91. The van der Waals surface area contributed by atoms with E-state index in [-0.39, 0.29) is 5.91 Å². The first kappa shape index (κ1) is 16.0. The summed E-state index contributed by atoms with van der Waals surface area (Å²) in [6.45, 7) is 3.40. The van der Waals surface area contributed by atoms with Crippen LogP contribution in [-0.2, 0) is 16.1 Å². The third kappa shape index (κ3) is 4.81. The highest BCUT2D eigenvalue weighted by molar-refractivity contribution is 7.07. The molecule has 0 bridgehead atoms. The van der Waals surface area contributed by atoms with Crippen LogP contribution in [0.25, 0.3) is 0 Å². The average Bonchev–Trinajstić information content (AvgIpc) is 3.27. The molecular formula is C18H22N2O2S. The molecule has 1 amide bonds. The lowest BCUT2D eigenvalue weighted by Crippen LogP contribution is -2.39. The number of carbonyl (C=O) groups is 1. The van der Waals surface area contributed by atoms with Crippen LogP contribution in [0.3, 0.4) is 0 Å². The van der Waals surface area contributed by atoms with Crippen molar-refractivity contribution in [1.29, 1.82) is 0 Å². The molecule has 1 N–H and O–H groups in total. The summed E-state index contributed by atoms with van der Waals surface area (Å²) in [5.41, 5.74) is 2.30. The Kier molecular flexibility index (Phi) is 5.66. The molecular weight excluding hydrogens is 308 g/mol. The summed E-state index contributed by atoms with van der Waals surface area (Å²) in [6.07, 6.45) is 1.04. The Labute approximate surface area is 141 Å². The molecule has 4 nitrogen and oxygen atoms in total. The summed E-state index contributed by atoms with van der Waals surface area (Å²) in [4.78, 5) is 14.4. The van der Waals surface area contributed by atoms with Gasteiger partial charge in [0.1, 0.15) is 0 Å². The first-order valence-corrected chi connectivity index (χ1v) is 8.91. The van der Waals surface area contributed by atoms with Gasteiger partial charge in [0, 0.05) is 31.3 Å². The first-order chi connectivity index (χ1) is 11.3. The Bertz CT molecular complexity index is 595. The monoisotopic (exact) mass is 330 g/mol. The largest absolute Gasteiger partial charge is 0.381 e. The van der Waals surface area contributed by atoms with Crippen LogP contribution < -0.4 is 10.2 Å². The number of hydrogen-bond donors (Lipinski definition) is 1. The molecule has 5 heteroatoms. The number of benzene rings is 1. The molecule has 1 atom stereocenters. The maximum Gasteiger partial charge on any atom is 0.239 e. The van der Waals surface area contributed by atoms with Gasteiger partial charge in [0.15, 0.2) is 0 Å². The van der Waals surface area contributed by atoms with Gasteiger partial charge in [-0.1, -0.05) is 18.2 Å². The van der Waals surface area contributed by atoms with E-state index < -0.39 is 0 Å². The molecule has 2 aromatic rings. The molecule has 23 heavy (non-hydrogen) atoms. The van der Waals surface area contributed by atoms with E-state index in [1.807, 2.05) is 30.3 Å². The second-order valence-corrected chi connectivity index (χ2v) is 6.64. The normalized spacial score (nSPS) is 17.1. The summed E-state index contributed by atoms with van der Waals surface area (Å²) in [7, 11) is 0. The van der Waals surface area contributed by atoms with Crippen molar-refractivity contribution >= 4 is 22.9 Å². The minimum Gasteiger partial charge on any atom is -0.381 e. The highest BCUT2D eigenvalue weighted by Crippen LogP contribution is 2.18. The molecule has 1 saturated heterocycles. The van der Waals surface area contributed by atoms with E-state index in [9.17, 15) is 4.79 Å². The van der Waals surface area contributed by atoms with Crippen molar-refractivity contribution in [2.24, 2.45) is 5.92 Å². The number of ether oxygens (including phenoxy) is 1. The Balaban J connectivity index is 1.59. The van der Waals surface area contributed by atoms with Crippen molar-refractivity contribution in [3.63, 3.8) is 0 Å². The third-order valence-electron chi connectivity index (χ3n) is 4.02. The summed E-state index contributed by atoms with van der Waals surface area (Å²) in [5, 5.41) is 7.24. The van der Waals surface area contributed by atoms with E-state index in [4.69, 9.17) is 4.74 Å². The smallest absolute Gasteiger partial charge is 0.239 e. The molecule has 1 unspecified atom stereocenters. The lowest BCUT2D eigenvalue weighted by atomic mass is 10.1. The number of carbonyl (C=O) groups excluding carboxylic acids is 1. The van der Waals surface area contributed by atoms with Crippen LogP contribution in [0.2, 0.25) is 0 Å². The van der Waals surface area contributed by atoms with Crippen molar-refractivity contribution in [1.82, 2.24) is 5.32 Å². The lowest BCUT2D eigenvalue weighted by molar-refractivity contribution is -0.120. The molecule has 2 heterocycles. The zero-order valence-corrected chi connectivity index (χ0v) is 13.9. The number of hydrogen-bond acceptors (Lipinski definition) is 4. The van der Waals surface area contributed by atoms with Crippen LogP contribution in [-0.4, -0.2) is 32.2 Å². The van der Waals surface area contributed by atoms with Gasteiger partial charge in [-0.05, 0) is 40.9 Å². The average molecular weight is 330 g/mol. The van der Waals surface area contributed by atoms with Crippen molar-refractivity contribution in [3.8, 4) is 0 Å². The highest BCUT2D eigenvalue weighted by atomic mass is 32.1. The van der Waals surface area contributed by atoms with Gasteiger partial charge >= 0.3 is 0 Å². The molecule has 1 aromatic carbocycles.